The van der Waals surface area contributed by atoms with E-state index in [1.54, 1.807) is 41.2 Å². The first-order valence-electron chi connectivity index (χ1n) is 10.6. The Balaban J connectivity index is 1.60. The molecule has 0 radical (unpaired) electrons. The van der Waals surface area contributed by atoms with Crippen molar-refractivity contribution in [2.24, 2.45) is 7.05 Å². The fourth-order valence-electron chi connectivity index (χ4n) is 4.44. The van der Waals surface area contributed by atoms with Crippen molar-refractivity contribution in [1.29, 1.82) is 10.5 Å². The van der Waals surface area contributed by atoms with Crippen molar-refractivity contribution in [3.63, 3.8) is 0 Å². The molecular weight excluding hydrogens is 450 g/mol. The number of nitriles is 2. The molecule has 1 fully saturated rings. The van der Waals surface area contributed by atoms with Gasteiger partial charge in [0.2, 0.25) is 0 Å². The Labute approximate surface area is 199 Å². The molecule has 2 atom stereocenters. The SMILES string of the molecule is Cc1ccc(C#N)cc1C1=CC2C(S1)C(=O)N(c1cncc3cnn(C)c13)C(=O)N2CCC#N. The van der Waals surface area contributed by atoms with Crippen LogP contribution >= 0.6 is 11.8 Å². The van der Waals surface area contributed by atoms with Gasteiger partial charge in [0.05, 0.1) is 53.8 Å². The monoisotopic (exact) mass is 469 g/mol. The molecule has 2 aliphatic rings. The molecule has 2 aliphatic heterocycles. The number of amides is 3. The third kappa shape index (κ3) is 3.31. The van der Waals surface area contributed by atoms with Crippen molar-refractivity contribution in [1.82, 2.24) is 19.7 Å². The van der Waals surface area contributed by atoms with Crippen LogP contribution in [0.5, 0.6) is 0 Å². The van der Waals surface area contributed by atoms with Crippen LogP contribution in [0.25, 0.3) is 15.8 Å². The van der Waals surface area contributed by atoms with E-state index in [9.17, 15) is 20.1 Å². The molecule has 3 aromatic rings. The number of carbonyl (C=O) groups is 2. The molecule has 1 aromatic carbocycles. The molecule has 0 saturated carbocycles. The molecule has 34 heavy (non-hydrogen) atoms. The fourth-order valence-corrected chi connectivity index (χ4v) is 5.85. The number of nitrogens with zero attached hydrogens (tertiary/aromatic N) is 7. The van der Waals surface area contributed by atoms with Gasteiger partial charge >= 0.3 is 6.03 Å². The second kappa shape index (κ2) is 8.32. The summed E-state index contributed by atoms with van der Waals surface area (Å²) in [5.41, 5.74) is 3.35. The average Bonchev–Trinajstić information content (AvgIpc) is 3.44. The van der Waals surface area contributed by atoms with Gasteiger partial charge in [-0.2, -0.15) is 15.6 Å². The molecule has 0 N–H and O–H groups in total. The molecule has 0 spiro atoms. The minimum Gasteiger partial charge on any atom is -0.315 e. The highest BCUT2D eigenvalue weighted by Gasteiger charge is 2.50. The molecule has 4 heterocycles. The lowest BCUT2D eigenvalue weighted by molar-refractivity contribution is -0.119. The van der Waals surface area contributed by atoms with E-state index in [2.05, 4.69) is 22.2 Å². The van der Waals surface area contributed by atoms with E-state index in [0.717, 1.165) is 20.9 Å². The lowest BCUT2D eigenvalue weighted by Gasteiger charge is -2.40. The number of anilines is 1. The third-order valence-electron chi connectivity index (χ3n) is 6.10. The zero-order chi connectivity index (χ0) is 24.0. The Morgan fingerprint density at radius 2 is 2.00 bits per heavy atom. The molecule has 168 valence electrons. The van der Waals surface area contributed by atoms with Crippen molar-refractivity contribution in [3.8, 4) is 12.1 Å². The molecule has 3 amide bonds. The number of imide groups is 1. The second-order valence-electron chi connectivity index (χ2n) is 8.12. The summed E-state index contributed by atoms with van der Waals surface area (Å²) in [6.07, 6.45) is 6.82. The summed E-state index contributed by atoms with van der Waals surface area (Å²) in [5, 5.41) is 22.9. The number of aromatic nitrogens is 3. The topological polar surface area (TPSA) is 119 Å². The Bertz CT molecular complexity index is 1460. The first kappa shape index (κ1) is 21.7. The van der Waals surface area contributed by atoms with Gasteiger partial charge in [-0.25, -0.2) is 9.69 Å². The number of carbonyl (C=O) groups excluding carboxylic acids is 2. The van der Waals surface area contributed by atoms with Gasteiger partial charge in [0.25, 0.3) is 5.91 Å². The largest absolute Gasteiger partial charge is 0.332 e. The van der Waals surface area contributed by atoms with Gasteiger partial charge in [-0.15, -0.1) is 11.8 Å². The quantitative estimate of drug-likeness (QED) is 0.575. The van der Waals surface area contributed by atoms with Crippen LogP contribution in [-0.4, -0.2) is 49.4 Å². The van der Waals surface area contributed by atoms with Gasteiger partial charge in [0, 0.05) is 30.1 Å². The third-order valence-corrected chi connectivity index (χ3v) is 7.45. The molecule has 2 unspecified atom stereocenters. The molecule has 9 nitrogen and oxygen atoms in total. The lowest BCUT2D eigenvalue weighted by Crippen LogP contribution is -2.62. The summed E-state index contributed by atoms with van der Waals surface area (Å²) in [6.45, 7) is 2.14. The maximum Gasteiger partial charge on any atom is 0.332 e. The zero-order valence-electron chi connectivity index (χ0n) is 18.5. The Kier molecular flexibility index (Phi) is 5.31. The van der Waals surface area contributed by atoms with Gasteiger partial charge in [0.1, 0.15) is 5.25 Å². The normalized spacial score (nSPS) is 19.7. The van der Waals surface area contributed by atoms with E-state index in [4.69, 9.17) is 0 Å². The van der Waals surface area contributed by atoms with Crippen LogP contribution in [0.1, 0.15) is 23.1 Å². The standard InChI is InChI=1S/C24H19N7O2S/c1-14-4-5-15(10-26)8-17(14)20-9-18-22(34-20)23(32)31(24(33)30(18)7-3-6-25)19-13-27-11-16-12-28-29(2)21(16)19/h4-5,8-9,11-13,18,22H,3,7H2,1-2H3. The molecule has 5 rings (SSSR count). The van der Waals surface area contributed by atoms with Gasteiger partial charge in [-0.05, 0) is 36.3 Å². The second-order valence-corrected chi connectivity index (χ2v) is 9.31. The Morgan fingerprint density at radius 1 is 1.18 bits per heavy atom. The van der Waals surface area contributed by atoms with Gasteiger partial charge < -0.3 is 4.90 Å². The highest BCUT2D eigenvalue weighted by molar-refractivity contribution is 8.09. The minimum atomic E-state index is -0.583. The molecular formula is C24H19N7O2S. The van der Waals surface area contributed by atoms with Crippen molar-refractivity contribution >= 4 is 45.2 Å². The predicted octanol–water partition coefficient (Wildman–Crippen LogP) is 3.36. The van der Waals surface area contributed by atoms with E-state index in [0.29, 0.717) is 22.2 Å². The van der Waals surface area contributed by atoms with Crippen molar-refractivity contribution < 1.29 is 9.59 Å². The highest BCUT2D eigenvalue weighted by atomic mass is 32.2. The maximum atomic E-state index is 13.7. The summed E-state index contributed by atoms with van der Waals surface area (Å²) in [6, 6.07) is 8.70. The number of thioether (sulfide) groups is 1. The van der Waals surface area contributed by atoms with Crippen LogP contribution in [-0.2, 0) is 11.8 Å². The number of urea groups is 1. The maximum absolute atomic E-state index is 13.7. The molecule has 0 aliphatic carbocycles. The number of aryl methyl sites for hydroxylation is 2. The minimum absolute atomic E-state index is 0.141. The van der Waals surface area contributed by atoms with Crippen LogP contribution in [0.3, 0.4) is 0 Å². The first-order chi connectivity index (χ1) is 16.4. The molecule has 10 heteroatoms. The fraction of sp³-hybridized carbons (Fsp3) is 0.250. The van der Waals surface area contributed by atoms with Gasteiger partial charge in [-0.1, -0.05) is 6.07 Å². The van der Waals surface area contributed by atoms with E-state index in [1.165, 1.54) is 18.0 Å². The molecule has 0 bridgehead atoms. The van der Waals surface area contributed by atoms with Crippen LogP contribution in [0, 0.1) is 29.6 Å². The Morgan fingerprint density at radius 3 is 2.76 bits per heavy atom. The summed E-state index contributed by atoms with van der Waals surface area (Å²) in [4.78, 5) is 35.2. The predicted molar refractivity (Wildman–Crippen MR) is 127 cm³/mol. The van der Waals surface area contributed by atoms with Crippen LogP contribution in [0.4, 0.5) is 10.5 Å². The van der Waals surface area contributed by atoms with Crippen LogP contribution < -0.4 is 4.90 Å². The van der Waals surface area contributed by atoms with E-state index < -0.39 is 17.3 Å². The first-order valence-corrected chi connectivity index (χ1v) is 11.5. The number of rotatable bonds is 4. The summed E-state index contributed by atoms with van der Waals surface area (Å²) in [5.74, 6) is -0.343. The van der Waals surface area contributed by atoms with E-state index >= 15 is 0 Å². The average molecular weight is 470 g/mol. The summed E-state index contributed by atoms with van der Waals surface area (Å²) >= 11 is 1.38. The van der Waals surface area contributed by atoms with Crippen molar-refractivity contribution in [2.75, 3.05) is 11.4 Å². The number of fused-ring (bicyclic) bond motifs is 2. The number of hydrogen-bond acceptors (Lipinski definition) is 7. The summed E-state index contributed by atoms with van der Waals surface area (Å²) < 4.78 is 1.61. The lowest BCUT2D eigenvalue weighted by atomic mass is 10.0. The van der Waals surface area contributed by atoms with Crippen molar-refractivity contribution in [3.05, 3.63) is 59.6 Å². The molecule has 1 saturated heterocycles. The number of hydrogen-bond donors (Lipinski definition) is 0. The van der Waals surface area contributed by atoms with E-state index in [-0.39, 0.29) is 18.9 Å². The Hall–Kier alpha value is -4.15. The smallest absolute Gasteiger partial charge is 0.315 e. The van der Waals surface area contributed by atoms with Gasteiger partial charge in [0.15, 0.2) is 0 Å². The number of benzene rings is 1. The van der Waals surface area contributed by atoms with Gasteiger partial charge in [-0.3, -0.25) is 14.5 Å². The number of pyridine rings is 1. The van der Waals surface area contributed by atoms with E-state index in [1.807, 2.05) is 19.1 Å². The highest BCUT2D eigenvalue weighted by Crippen LogP contribution is 2.46. The van der Waals surface area contributed by atoms with Crippen LogP contribution in [0.2, 0.25) is 0 Å². The van der Waals surface area contributed by atoms with Crippen molar-refractivity contribution in [2.45, 2.75) is 24.6 Å². The zero-order valence-corrected chi connectivity index (χ0v) is 19.3. The van der Waals surface area contributed by atoms with Crippen LogP contribution in [0.15, 0.2) is 42.9 Å². The summed E-state index contributed by atoms with van der Waals surface area (Å²) in [7, 11) is 1.75. The molecule has 2 aromatic heterocycles.